The molecule has 3 amide bonds. The summed E-state index contributed by atoms with van der Waals surface area (Å²) >= 11 is 0. The molecule has 0 spiro atoms. The molecule has 2 heterocycles. The van der Waals surface area contributed by atoms with E-state index < -0.39 is 0 Å². The molecule has 164 valence electrons. The Morgan fingerprint density at radius 2 is 1.52 bits per heavy atom. The second-order valence-corrected chi connectivity index (χ2v) is 8.47. The predicted octanol–water partition coefficient (Wildman–Crippen LogP) is 3.65. The summed E-state index contributed by atoms with van der Waals surface area (Å²) in [5.74, 6) is -0.0835. The number of benzene rings is 2. The van der Waals surface area contributed by atoms with Gasteiger partial charge in [0.25, 0.3) is 5.91 Å². The first-order valence-electron chi connectivity index (χ1n) is 11.4. The summed E-state index contributed by atoms with van der Waals surface area (Å²) in [6, 6.07) is 19.9. The van der Waals surface area contributed by atoms with Crippen LogP contribution in [0.15, 0.2) is 60.7 Å². The van der Waals surface area contributed by atoms with Crippen molar-refractivity contribution in [2.75, 3.05) is 31.1 Å². The summed E-state index contributed by atoms with van der Waals surface area (Å²) in [4.78, 5) is 29.7. The number of likely N-dealkylation sites (tertiary alicyclic amines) is 1. The van der Waals surface area contributed by atoms with E-state index in [-0.39, 0.29) is 24.0 Å². The average molecular weight is 421 g/mol. The molecule has 1 atom stereocenters. The van der Waals surface area contributed by atoms with Crippen molar-refractivity contribution in [1.29, 1.82) is 0 Å². The van der Waals surface area contributed by atoms with Crippen LogP contribution < -0.4 is 15.5 Å². The molecular formula is C25H32N4O2. The topological polar surface area (TPSA) is 64.7 Å². The number of carbonyl (C=O) groups is 2. The number of amides is 3. The molecule has 0 aliphatic carbocycles. The fourth-order valence-electron chi connectivity index (χ4n) is 4.56. The van der Waals surface area contributed by atoms with Gasteiger partial charge in [0.15, 0.2) is 0 Å². The number of hydrogen-bond donors (Lipinski definition) is 2. The smallest absolute Gasteiger partial charge is 0.317 e. The molecule has 31 heavy (non-hydrogen) atoms. The lowest BCUT2D eigenvalue weighted by Crippen LogP contribution is -2.55. The number of piperidine rings is 2. The van der Waals surface area contributed by atoms with Crippen molar-refractivity contribution in [1.82, 2.24) is 15.5 Å². The lowest BCUT2D eigenvalue weighted by atomic mass is 10.0. The number of hydrogen-bond acceptors (Lipinski definition) is 3. The van der Waals surface area contributed by atoms with Gasteiger partial charge in [-0.2, -0.15) is 0 Å². The minimum Gasteiger partial charge on any atom is -0.371 e. The molecule has 2 N–H and O–H groups in total. The lowest BCUT2D eigenvalue weighted by molar-refractivity contribution is 0.0924. The molecule has 2 saturated heterocycles. The van der Waals surface area contributed by atoms with Gasteiger partial charge in [-0.25, -0.2) is 4.79 Å². The van der Waals surface area contributed by atoms with E-state index >= 15 is 0 Å². The normalized spacial score (nSPS) is 19.7. The zero-order chi connectivity index (χ0) is 21.5. The maximum atomic E-state index is 13.0. The minimum absolute atomic E-state index is 0.0109. The molecule has 1 unspecified atom stereocenters. The Morgan fingerprint density at radius 3 is 2.23 bits per heavy atom. The van der Waals surface area contributed by atoms with E-state index in [1.54, 1.807) is 0 Å². The summed E-state index contributed by atoms with van der Waals surface area (Å²) in [5, 5.41) is 6.27. The zero-order valence-corrected chi connectivity index (χ0v) is 18.0. The van der Waals surface area contributed by atoms with E-state index in [2.05, 4.69) is 39.8 Å². The van der Waals surface area contributed by atoms with Crippen LogP contribution >= 0.6 is 0 Å². The van der Waals surface area contributed by atoms with Gasteiger partial charge >= 0.3 is 6.03 Å². The first-order valence-corrected chi connectivity index (χ1v) is 11.4. The van der Waals surface area contributed by atoms with Gasteiger partial charge in [-0.1, -0.05) is 36.4 Å². The van der Waals surface area contributed by atoms with Crippen molar-refractivity contribution in [3.8, 4) is 0 Å². The fraction of sp³-hybridized carbons (Fsp3) is 0.440. The molecule has 0 bridgehead atoms. The van der Waals surface area contributed by atoms with E-state index in [9.17, 15) is 9.59 Å². The predicted molar refractivity (Wildman–Crippen MR) is 123 cm³/mol. The molecule has 2 aliphatic heterocycles. The second-order valence-electron chi connectivity index (χ2n) is 8.47. The average Bonchev–Trinajstić information content (AvgIpc) is 2.84. The second kappa shape index (κ2) is 10.3. The number of nitrogens with zero attached hydrogens (tertiary/aromatic N) is 2. The van der Waals surface area contributed by atoms with Crippen molar-refractivity contribution in [3.05, 3.63) is 66.2 Å². The third kappa shape index (κ3) is 5.57. The number of nitrogens with one attached hydrogen (secondary N) is 2. The number of rotatable bonds is 5. The first-order chi connectivity index (χ1) is 15.2. The van der Waals surface area contributed by atoms with Gasteiger partial charge in [-0.3, -0.25) is 4.79 Å². The highest BCUT2D eigenvalue weighted by atomic mass is 16.2. The molecule has 2 aromatic carbocycles. The van der Waals surface area contributed by atoms with E-state index in [1.807, 2.05) is 41.3 Å². The lowest BCUT2D eigenvalue weighted by Gasteiger charge is -2.39. The molecular weight excluding hydrogens is 388 g/mol. The third-order valence-electron chi connectivity index (χ3n) is 6.37. The maximum Gasteiger partial charge on any atom is 0.317 e. The highest BCUT2D eigenvalue weighted by Gasteiger charge is 2.29. The first kappa shape index (κ1) is 21.2. The monoisotopic (exact) mass is 420 g/mol. The van der Waals surface area contributed by atoms with Crippen LogP contribution in [0.4, 0.5) is 10.5 Å². The Kier molecular flexibility index (Phi) is 7.07. The van der Waals surface area contributed by atoms with Gasteiger partial charge < -0.3 is 20.4 Å². The zero-order valence-electron chi connectivity index (χ0n) is 18.0. The van der Waals surface area contributed by atoms with Crippen molar-refractivity contribution in [2.45, 2.75) is 44.2 Å². The van der Waals surface area contributed by atoms with Crippen molar-refractivity contribution in [2.24, 2.45) is 0 Å². The van der Waals surface area contributed by atoms with E-state index in [0.717, 1.165) is 51.7 Å². The third-order valence-corrected chi connectivity index (χ3v) is 6.37. The number of para-hydroxylation sites is 1. The quantitative estimate of drug-likeness (QED) is 0.776. The Morgan fingerprint density at radius 1 is 0.839 bits per heavy atom. The van der Waals surface area contributed by atoms with E-state index in [1.165, 1.54) is 5.69 Å². The van der Waals surface area contributed by atoms with Crippen LogP contribution in [0, 0.1) is 0 Å². The number of anilines is 1. The standard InChI is InChI=1S/C25H32N4O2/c30-24(20-9-3-1-4-10-20)26-19-23-13-7-8-16-29(23)25(31)27-21-14-17-28(18-15-21)22-11-5-2-6-12-22/h1-6,9-12,21,23H,7-8,13-19H2,(H,26,30)(H,27,31). The van der Waals surface area contributed by atoms with Crippen LogP contribution in [-0.4, -0.2) is 55.1 Å². The molecule has 0 radical (unpaired) electrons. The van der Waals surface area contributed by atoms with Gasteiger partial charge in [-0.05, 0) is 56.4 Å². The largest absolute Gasteiger partial charge is 0.371 e. The SMILES string of the molecule is O=C(NCC1CCCCN1C(=O)NC1CCN(c2ccccc2)CC1)c1ccccc1. The summed E-state index contributed by atoms with van der Waals surface area (Å²) in [6.45, 7) is 3.14. The van der Waals surface area contributed by atoms with Crippen LogP contribution in [0.3, 0.4) is 0 Å². The maximum absolute atomic E-state index is 13.0. The van der Waals surface area contributed by atoms with Gasteiger partial charge in [0.2, 0.25) is 0 Å². The van der Waals surface area contributed by atoms with E-state index in [0.29, 0.717) is 12.1 Å². The molecule has 0 aromatic heterocycles. The Hall–Kier alpha value is -3.02. The number of urea groups is 1. The van der Waals surface area contributed by atoms with Crippen LogP contribution in [0.5, 0.6) is 0 Å². The molecule has 4 rings (SSSR count). The summed E-state index contributed by atoms with van der Waals surface area (Å²) in [7, 11) is 0. The Balaban J connectivity index is 1.27. The molecule has 2 aromatic rings. The van der Waals surface area contributed by atoms with Gasteiger partial charge in [0, 0.05) is 43.5 Å². The van der Waals surface area contributed by atoms with Gasteiger partial charge in [0.05, 0.1) is 6.04 Å². The van der Waals surface area contributed by atoms with Crippen molar-refractivity contribution < 1.29 is 9.59 Å². The molecule has 6 nitrogen and oxygen atoms in total. The highest BCUT2D eigenvalue weighted by molar-refractivity contribution is 5.94. The van der Waals surface area contributed by atoms with Crippen LogP contribution in [0.2, 0.25) is 0 Å². The summed E-state index contributed by atoms with van der Waals surface area (Å²) < 4.78 is 0. The van der Waals surface area contributed by atoms with Gasteiger partial charge in [0.1, 0.15) is 0 Å². The Bertz CT molecular complexity index is 850. The minimum atomic E-state index is -0.0835. The van der Waals surface area contributed by atoms with Crippen LogP contribution in [-0.2, 0) is 0 Å². The molecule has 2 fully saturated rings. The highest BCUT2D eigenvalue weighted by Crippen LogP contribution is 2.21. The fourth-order valence-corrected chi connectivity index (χ4v) is 4.56. The van der Waals surface area contributed by atoms with E-state index in [4.69, 9.17) is 0 Å². The molecule has 6 heteroatoms. The Labute approximate surface area is 184 Å². The number of carbonyl (C=O) groups excluding carboxylic acids is 2. The van der Waals surface area contributed by atoms with Crippen molar-refractivity contribution in [3.63, 3.8) is 0 Å². The van der Waals surface area contributed by atoms with Crippen LogP contribution in [0.25, 0.3) is 0 Å². The van der Waals surface area contributed by atoms with Crippen LogP contribution in [0.1, 0.15) is 42.5 Å². The van der Waals surface area contributed by atoms with Crippen molar-refractivity contribution >= 4 is 17.6 Å². The van der Waals surface area contributed by atoms with Gasteiger partial charge in [-0.15, -0.1) is 0 Å². The summed E-state index contributed by atoms with van der Waals surface area (Å²) in [6.07, 6.45) is 4.93. The molecule has 0 saturated carbocycles. The molecule has 2 aliphatic rings. The summed E-state index contributed by atoms with van der Waals surface area (Å²) in [5.41, 5.74) is 1.90.